The van der Waals surface area contributed by atoms with E-state index in [1.165, 1.54) is 0 Å². The summed E-state index contributed by atoms with van der Waals surface area (Å²) in [6.45, 7) is -1.50. The van der Waals surface area contributed by atoms with E-state index < -0.39 is 139 Å². The summed E-state index contributed by atoms with van der Waals surface area (Å²) in [6, 6.07) is 5.23. The van der Waals surface area contributed by atoms with Gasteiger partial charge in [-0.1, -0.05) is 0 Å². The highest BCUT2D eigenvalue weighted by Crippen LogP contribution is 2.62. The number of hydrogen-bond donors (Lipinski definition) is 0. The molecule has 0 saturated carbocycles. The van der Waals surface area contributed by atoms with Crippen molar-refractivity contribution in [1.82, 2.24) is 0 Å². The van der Waals surface area contributed by atoms with Gasteiger partial charge in [-0.15, -0.1) is 0 Å². The van der Waals surface area contributed by atoms with Crippen LogP contribution in [0.3, 0.4) is 0 Å². The third-order valence-corrected chi connectivity index (χ3v) is 12.2. The molecular formula is C32H24F26O7S2. The molecule has 67 heavy (non-hydrogen) atoms. The molecule has 388 valence electrons. The Balaban J connectivity index is 1.92. The Bertz CT molecular complexity index is 2050. The fraction of sp³-hybridized carbons (Fsp3) is 0.625. The number of halogens is 26. The van der Waals surface area contributed by atoms with Crippen molar-refractivity contribution in [3.05, 3.63) is 48.5 Å². The quantitative estimate of drug-likeness (QED) is 0.0763. The number of alkyl halides is 26. The lowest BCUT2D eigenvalue weighted by Gasteiger charge is -2.39. The number of benzene rings is 2. The van der Waals surface area contributed by atoms with Gasteiger partial charge >= 0.3 is 71.6 Å². The van der Waals surface area contributed by atoms with Gasteiger partial charge in [0, 0.05) is 12.8 Å². The summed E-state index contributed by atoms with van der Waals surface area (Å²) in [5.74, 6) is -82.3. The fourth-order valence-electron chi connectivity index (χ4n) is 4.70. The summed E-state index contributed by atoms with van der Waals surface area (Å²) >= 11 is 0. The van der Waals surface area contributed by atoms with Crippen molar-refractivity contribution < 1.29 is 145 Å². The monoisotopic (exact) mass is 1080 g/mol. The number of sulfone groups is 2. The number of rotatable bonds is 24. The molecule has 2 rings (SSSR count). The van der Waals surface area contributed by atoms with Crippen LogP contribution in [0.4, 0.5) is 114 Å². The van der Waals surface area contributed by atoms with Gasteiger partial charge in [-0.25, -0.2) is 16.8 Å². The normalized spacial score (nSPS) is 15.2. The third-order valence-electron chi connectivity index (χ3n) is 8.72. The maximum atomic E-state index is 14.1. The molecule has 0 bridgehead atoms. The van der Waals surface area contributed by atoms with E-state index in [0.29, 0.717) is 24.3 Å². The molecule has 0 atom stereocenters. The molecule has 0 heterocycles. The van der Waals surface area contributed by atoms with Crippen molar-refractivity contribution in [2.75, 3.05) is 37.9 Å². The van der Waals surface area contributed by atoms with Crippen molar-refractivity contribution >= 4 is 19.7 Å². The highest BCUT2D eigenvalue weighted by molar-refractivity contribution is 7.91. The number of ether oxygens (including phenoxy) is 3. The smallest absolute Gasteiger partial charge is 0.460 e. The fourth-order valence-corrected chi connectivity index (χ4v) is 7.33. The van der Waals surface area contributed by atoms with Crippen LogP contribution in [-0.2, 0) is 24.4 Å². The van der Waals surface area contributed by atoms with Gasteiger partial charge in [0.25, 0.3) is 0 Å². The zero-order chi connectivity index (χ0) is 52.7. The van der Waals surface area contributed by atoms with E-state index >= 15 is 0 Å². The molecule has 7 nitrogen and oxygen atoms in total. The van der Waals surface area contributed by atoms with E-state index in [1.54, 1.807) is 0 Å². The third kappa shape index (κ3) is 11.1. The van der Waals surface area contributed by atoms with Crippen LogP contribution >= 0.6 is 0 Å². The highest BCUT2D eigenvalue weighted by Gasteiger charge is 2.92. The van der Waals surface area contributed by atoms with Crippen molar-refractivity contribution in [1.29, 1.82) is 0 Å². The van der Waals surface area contributed by atoms with Gasteiger partial charge in [-0.3, -0.25) is 0 Å². The molecule has 0 N–H and O–H groups in total. The minimum absolute atomic E-state index is 0.249. The molecule has 35 heteroatoms. The molecule has 0 aliphatic rings. The van der Waals surface area contributed by atoms with Crippen LogP contribution in [0.1, 0.15) is 12.8 Å². The second-order valence-corrected chi connectivity index (χ2v) is 17.6. The average molecular weight is 1080 g/mol. The van der Waals surface area contributed by atoms with E-state index in [-0.39, 0.29) is 24.7 Å². The Labute approximate surface area is 357 Å². The summed E-state index contributed by atoms with van der Waals surface area (Å²) in [7, 11) is -10.5. The molecule has 0 aliphatic heterocycles. The second-order valence-electron chi connectivity index (χ2n) is 13.4. The van der Waals surface area contributed by atoms with Gasteiger partial charge in [0.05, 0.1) is 34.5 Å². The molecule has 0 amide bonds. The van der Waals surface area contributed by atoms with Crippen LogP contribution in [0.5, 0.6) is 11.5 Å². The highest BCUT2D eigenvalue weighted by atomic mass is 32.2. The van der Waals surface area contributed by atoms with Crippen molar-refractivity contribution in [2.45, 2.75) is 94.2 Å². The first-order valence-corrected chi connectivity index (χ1v) is 20.3. The molecule has 2 aromatic carbocycles. The maximum Gasteiger partial charge on any atom is 0.460 e. The summed E-state index contributed by atoms with van der Waals surface area (Å²) in [5.41, 5.74) is 0. The predicted molar refractivity (Wildman–Crippen MR) is 170 cm³/mol. The van der Waals surface area contributed by atoms with Crippen LogP contribution < -0.4 is 9.47 Å². The summed E-state index contributed by atoms with van der Waals surface area (Å²) < 4.78 is 410. The standard InChI is InChI=1S/C32H24F26O7S2/c33-21(34,23(37,38)25(41,42)27(45,46)29(49,50)31(53,54)55)9-15-66(59,60)19-5-1-17(2-6-19)64-13-11-63-12-14-65-18-3-7-20(8-4-18)67(61,62)16-10-22(35,36)24(39,40)26(43,44)28(47,48)30(51,52)32(56,57)58/h1-8H,9-16H2. The Hall–Kier alpha value is -3.92. The largest absolute Gasteiger partial charge is 0.491 e. The lowest BCUT2D eigenvalue weighted by molar-refractivity contribution is -0.439. The Morgan fingerprint density at radius 3 is 0.806 bits per heavy atom. The topological polar surface area (TPSA) is 96.0 Å². The van der Waals surface area contributed by atoms with E-state index in [2.05, 4.69) is 0 Å². The minimum Gasteiger partial charge on any atom is -0.491 e. The summed E-state index contributed by atoms with van der Waals surface area (Å²) in [5, 5.41) is 0. The molecule has 0 fully saturated rings. The zero-order valence-electron chi connectivity index (χ0n) is 31.8. The van der Waals surface area contributed by atoms with E-state index in [0.717, 1.165) is 24.3 Å². The molecule has 0 unspecified atom stereocenters. The van der Waals surface area contributed by atoms with E-state index in [4.69, 9.17) is 14.2 Å². The Morgan fingerprint density at radius 2 is 0.567 bits per heavy atom. The number of hydrogen-bond acceptors (Lipinski definition) is 7. The van der Waals surface area contributed by atoms with Crippen LogP contribution in [0, 0.1) is 0 Å². The van der Waals surface area contributed by atoms with Crippen LogP contribution in [0.15, 0.2) is 58.3 Å². The minimum atomic E-state index is -8.17. The van der Waals surface area contributed by atoms with Gasteiger partial charge in [-0.05, 0) is 48.5 Å². The predicted octanol–water partition coefficient (Wildman–Crippen LogP) is 11.0. The molecule has 0 aromatic heterocycles. The van der Waals surface area contributed by atoms with Crippen LogP contribution in [-0.4, -0.2) is 126 Å². The van der Waals surface area contributed by atoms with Gasteiger partial charge in [-0.2, -0.15) is 114 Å². The summed E-state index contributed by atoms with van der Waals surface area (Å²) in [4.78, 5) is -2.08. The van der Waals surface area contributed by atoms with Crippen molar-refractivity contribution in [2.24, 2.45) is 0 Å². The van der Waals surface area contributed by atoms with Crippen LogP contribution in [0.2, 0.25) is 0 Å². The lowest BCUT2D eigenvalue weighted by atomic mass is 9.93. The van der Waals surface area contributed by atoms with E-state index in [9.17, 15) is 131 Å². The molecule has 0 spiro atoms. The molecule has 0 radical (unpaired) electrons. The van der Waals surface area contributed by atoms with Crippen LogP contribution in [0.25, 0.3) is 0 Å². The van der Waals surface area contributed by atoms with Crippen molar-refractivity contribution in [3.63, 3.8) is 0 Å². The zero-order valence-corrected chi connectivity index (χ0v) is 33.4. The Morgan fingerprint density at radius 1 is 0.328 bits per heavy atom. The molecule has 2 aromatic rings. The molecular weight excluding hydrogens is 1050 g/mol. The van der Waals surface area contributed by atoms with E-state index in [1.807, 2.05) is 0 Å². The lowest BCUT2D eigenvalue weighted by Crippen LogP contribution is -2.70. The first-order valence-electron chi connectivity index (χ1n) is 17.0. The SMILES string of the molecule is O=S(=O)(CCC(F)(F)C(F)(F)C(F)(F)C(F)(F)C(F)(F)C(F)(F)F)c1ccc(OCCOCCOc2ccc(S(=O)(=O)CCC(F)(F)C(F)(F)C(F)(F)C(F)(F)C(F)(F)C(F)(F)F)cc2)cc1. The molecule has 0 aliphatic carbocycles. The maximum absolute atomic E-state index is 14.1. The first kappa shape index (κ1) is 59.2. The van der Waals surface area contributed by atoms with Gasteiger partial charge in [0.15, 0.2) is 19.7 Å². The van der Waals surface area contributed by atoms with Gasteiger partial charge in [0.1, 0.15) is 24.7 Å². The van der Waals surface area contributed by atoms with Crippen molar-refractivity contribution in [3.8, 4) is 11.5 Å². The molecule has 0 saturated heterocycles. The van der Waals surface area contributed by atoms with Gasteiger partial charge < -0.3 is 14.2 Å². The second kappa shape index (κ2) is 18.8. The van der Waals surface area contributed by atoms with Gasteiger partial charge in [0.2, 0.25) is 0 Å². The first-order chi connectivity index (χ1) is 29.6. The average Bonchev–Trinajstić information content (AvgIpc) is 3.18. The summed E-state index contributed by atoms with van der Waals surface area (Å²) in [6.07, 6.45) is -21.3. The Kier molecular flexibility index (Phi) is 16.6.